The Labute approximate surface area is 70.5 Å². The molecule has 0 unspecified atom stereocenters. The molecular formula is C9H9NO2. The van der Waals surface area contributed by atoms with E-state index in [4.69, 9.17) is 10.5 Å². The molecule has 0 saturated heterocycles. The molecule has 2 N–H and O–H groups in total. The molecule has 0 radical (unpaired) electrons. The van der Waals surface area contributed by atoms with Crippen LogP contribution in [0, 0.1) is 0 Å². The Morgan fingerprint density at radius 1 is 1.75 bits per heavy atom. The van der Waals surface area contributed by atoms with E-state index in [2.05, 4.69) is 11.5 Å². The fraction of sp³-hybridized carbons (Fsp3) is 0.222. The molecule has 1 aliphatic rings. The Morgan fingerprint density at radius 2 is 2.50 bits per heavy atom. The average Bonchev–Trinajstić information content (AvgIpc) is 2.05. The summed E-state index contributed by atoms with van der Waals surface area (Å²) in [5.41, 5.74) is 11.3. The van der Waals surface area contributed by atoms with Gasteiger partial charge in [0.2, 0.25) is 0 Å². The number of rotatable bonds is 2. The zero-order valence-corrected chi connectivity index (χ0v) is 6.76. The normalized spacial score (nSPS) is 13.8. The van der Waals surface area contributed by atoms with Gasteiger partial charge in [-0.2, -0.15) is 0 Å². The van der Waals surface area contributed by atoms with Gasteiger partial charge < -0.3 is 10.5 Å². The maximum Gasteiger partial charge on any atom is 0.340 e. The first-order chi connectivity index (χ1) is 5.75. The molecule has 1 aliphatic carbocycles. The van der Waals surface area contributed by atoms with Crippen LogP contribution in [0.15, 0.2) is 34.9 Å². The summed E-state index contributed by atoms with van der Waals surface area (Å²) >= 11 is 0. The van der Waals surface area contributed by atoms with E-state index in [1.165, 1.54) is 0 Å². The lowest BCUT2D eigenvalue weighted by molar-refractivity contribution is -0.138. The lowest BCUT2D eigenvalue weighted by atomic mass is 10.1. The number of allylic oxidation sites excluding steroid dienone is 2. The van der Waals surface area contributed by atoms with Crippen LogP contribution >= 0.6 is 0 Å². The van der Waals surface area contributed by atoms with Gasteiger partial charge >= 0.3 is 5.97 Å². The fourth-order valence-corrected chi connectivity index (χ4v) is 0.788. The Bertz CT molecular complexity index is 326. The number of carbonyl (C=O) groups excluding carboxylic acids is 1. The zero-order chi connectivity index (χ0) is 8.97. The number of esters is 1. The number of carbonyl (C=O) groups is 1. The molecule has 0 heterocycles. The molecule has 0 bridgehead atoms. The largest absolute Gasteiger partial charge is 0.462 e. The highest BCUT2D eigenvalue weighted by molar-refractivity contribution is 5.93. The van der Waals surface area contributed by atoms with Gasteiger partial charge in [0.25, 0.3) is 0 Å². The van der Waals surface area contributed by atoms with Crippen LogP contribution in [0.3, 0.4) is 0 Å². The molecule has 0 amide bonds. The van der Waals surface area contributed by atoms with E-state index in [9.17, 15) is 4.79 Å². The number of hydrogen-bond donors (Lipinski definition) is 1. The number of nitrogens with two attached hydrogens (primary N) is 1. The highest BCUT2D eigenvalue weighted by Gasteiger charge is 2.12. The van der Waals surface area contributed by atoms with Gasteiger partial charge in [-0.05, 0) is 24.8 Å². The first kappa shape index (κ1) is 8.41. The van der Waals surface area contributed by atoms with E-state index >= 15 is 0 Å². The van der Waals surface area contributed by atoms with Gasteiger partial charge in [0, 0.05) is 0 Å². The van der Waals surface area contributed by atoms with E-state index in [-0.39, 0.29) is 5.70 Å². The molecule has 0 aliphatic heterocycles. The van der Waals surface area contributed by atoms with Crippen molar-refractivity contribution in [1.29, 1.82) is 0 Å². The summed E-state index contributed by atoms with van der Waals surface area (Å²) in [6, 6.07) is 0. The van der Waals surface area contributed by atoms with Crippen LogP contribution in [-0.4, -0.2) is 12.6 Å². The molecule has 0 aromatic rings. The second-order valence-electron chi connectivity index (χ2n) is 2.15. The van der Waals surface area contributed by atoms with Gasteiger partial charge in [-0.3, -0.25) is 0 Å². The third-order valence-electron chi connectivity index (χ3n) is 1.33. The van der Waals surface area contributed by atoms with Crippen LogP contribution in [0.5, 0.6) is 0 Å². The summed E-state index contributed by atoms with van der Waals surface area (Å²) in [5.74, 6) is -0.416. The molecule has 0 spiro atoms. The van der Waals surface area contributed by atoms with Gasteiger partial charge in [-0.1, -0.05) is 5.73 Å². The lowest BCUT2D eigenvalue weighted by Crippen LogP contribution is -2.14. The van der Waals surface area contributed by atoms with Crippen molar-refractivity contribution in [3.63, 3.8) is 0 Å². The van der Waals surface area contributed by atoms with Crippen LogP contribution in [-0.2, 0) is 9.53 Å². The first-order valence-corrected chi connectivity index (χ1v) is 3.60. The van der Waals surface area contributed by atoms with E-state index in [0.29, 0.717) is 12.2 Å². The standard InChI is InChI=1S/C9H9NO2/c1-2-12-9(11)7-5-3-4-6-8(7)10/h3,5H,2,10H2,1H3. The zero-order valence-electron chi connectivity index (χ0n) is 6.76. The van der Waals surface area contributed by atoms with Crippen molar-refractivity contribution in [3.8, 4) is 0 Å². The van der Waals surface area contributed by atoms with Crippen LogP contribution in [0.25, 0.3) is 0 Å². The minimum atomic E-state index is -0.416. The van der Waals surface area contributed by atoms with Crippen molar-refractivity contribution in [2.24, 2.45) is 5.73 Å². The van der Waals surface area contributed by atoms with Crippen molar-refractivity contribution in [3.05, 3.63) is 34.9 Å². The maximum absolute atomic E-state index is 11.1. The SMILES string of the molecule is CCOC(=O)C1=CC=C=C=C1N. The predicted molar refractivity (Wildman–Crippen MR) is 44.0 cm³/mol. The minimum Gasteiger partial charge on any atom is -0.462 e. The minimum absolute atomic E-state index is 0.274. The van der Waals surface area contributed by atoms with Crippen LogP contribution in [0.4, 0.5) is 0 Å². The summed E-state index contributed by atoms with van der Waals surface area (Å²) in [6.45, 7) is 2.09. The highest BCUT2D eigenvalue weighted by atomic mass is 16.5. The monoisotopic (exact) mass is 163 g/mol. The summed E-state index contributed by atoms with van der Waals surface area (Å²) < 4.78 is 4.76. The number of hydrogen-bond acceptors (Lipinski definition) is 3. The molecule has 12 heavy (non-hydrogen) atoms. The van der Waals surface area contributed by atoms with Gasteiger partial charge in [0.1, 0.15) is 0 Å². The quantitative estimate of drug-likeness (QED) is 0.480. The molecule has 0 aromatic heterocycles. The summed E-state index contributed by atoms with van der Waals surface area (Å²) in [5, 5.41) is 0. The molecule has 0 aromatic carbocycles. The van der Waals surface area contributed by atoms with Crippen LogP contribution < -0.4 is 5.73 Å². The van der Waals surface area contributed by atoms with Crippen molar-refractivity contribution >= 4 is 5.97 Å². The summed E-state index contributed by atoms with van der Waals surface area (Å²) in [7, 11) is 0. The average molecular weight is 163 g/mol. The molecule has 62 valence electrons. The van der Waals surface area contributed by atoms with Crippen molar-refractivity contribution in [1.82, 2.24) is 0 Å². The van der Waals surface area contributed by atoms with Crippen molar-refractivity contribution in [2.45, 2.75) is 6.92 Å². The van der Waals surface area contributed by atoms with E-state index < -0.39 is 5.97 Å². The molecular weight excluding hydrogens is 154 g/mol. The smallest absolute Gasteiger partial charge is 0.340 e. The van der Waals surface area contributed by atoms with E-state index in [0.717, 1.165) is 0 Å². The summed E-state index contributed by atoms with van der Waals surface area (Å²) in [4.78, 5) is 11.1. The van der Waals surface area contributed by atoms with Crippen molar-refractivity contribution < 1.29 is 9.53 Å². The van der Waals surface area contributed by atoms with Crippen LogP contribution in [0.1, 0.15) is 6.92 Å². The van der Waals surface area contributed by atoms with Gasteiger partial charge in [0.15, 0.2) is 0 Å². The molecule has 3 nitrogen and oxygen atoms in total. The Balaban J connectivity index is 2.81. The number of ether oxygens (including phenoxy) is 1. The second-order valence-corrected chi connectivity index (χ2v) is 2.15. The summed E-state index contributed by atoms with van der Waals surface area (Å²) in [6.07, 6.45) is 3.13. The van der Waals surface area contributed by atoms with Gasteiger partial charge in [-0.15, -0.1) is 0 Å². The van der Waals surface area contributed by atoms with Gasteiger partial charge in [0.05, 0.1) is 17.9 Å². The topological polar surface area (TPSA) is 52.3 Å². The highest BCUT2D eigenvalue weighted by Crippen LogP contribution is 2.07. The van der Waals surface area contributed by atoms with Gasteiger partial charge in [-0.25, -0.2) is 4.79 Å². The third kappa shape index (κ3) is 1.67. The Hall–Kier alpha value is -1.69. The maximum atomic E-state index is 11.1. The molecule has 0 saturated carbocycles. The van der Waals surface area contributed by atoms with E-state index in [1.54, 1.807) is 19.1 Å². The second kappa shape index (κ2) is 3.63. The molecule has 0 fully saturated rings. The molecule has 0 atom stereocenters. The third-order valence-corrected chi connectivity index (χ3v) is 1.33. The first-order valence-electron chi connectivity index (χ1n) is 3.60. The fourth-order valence-electron chi connectivity index (χ4n) is 0.788. The Kier molecular flexibility index (Phi) is 2.54. The van der Waals surface area contributed by atoms with E-state index in [1.807, 2.05) is 0 Å². The Morgan fingerprint density at radius 3 is 3.08 bits per heavy atom. The lowest BCUT2D eigenvalue weighted by Gasteiger charge is -2.04. The van der Waals surface area contributed by atoms with Crippen LogP contribution in [0.2, 0.25) is 0 Å². The predicted octanol–water partition coefficient (Wildman–Crippen LogP) is 0.642. The molecule has 1 rings (SSSR count). The molecule has 3 heteroatoms. The van der Waals surface area contributed by atoms with Crippen molar-refractivity contribution in [2.75, 3.05) is 6.61 Å².